The van der Waals surface area contributed by atoms with Crippen LogP contribution in [0.2, 0.25) is 0 Å². The van der Waals surface area contributed by atoms with Crippen molar-refractivity contribution in [2.24, 2.45) is 23.2 Å². The minimum atomic E-state index is -0.101. The van der Waals surface area contributed by atoms with Gasteiger partial charge in [0.15, 0.2) is 5.16 Å². The number of carbonyl (C=O) groups is 1. The van der Waals surface area contributed by atoms with E-state index in [0.29, 0.717) is 40.7 Å². The molecule has 0 amide bonds. The van der Waals surface area contributed by atoms with E-state index in [1.165, 1.54) is 31.0 Å². The molecule has 29 heavy (non-hydrogen) atoms. The molecule has 154 valence electrons. The van der Waals surface area contributed by atoms with Crippen LogP contribution < -0.4 is 5.56 Å². The van der Waals surface area contributed by atoms with Crippen LogP contribution in [0.15, 0.2) is 34.2 Å². The summed E-state index contributed by atoms with van der Waals surface area (Å²) in [5.74, 6) is 3.06. The molecule has 1 aromatic carbocycles. The number of carbonyl (C=O) groups excluding carboxylic acids is 1. The van der Waals surface area contributed by atoms with Crippen LogP contribution in [0.5, 0.6) is 0 Å². The Hall–Kier alpha value is -1.66. The molecule has 1 heterocycles. The van der Waals surface area contributed by atoms with Crippen LogP contribution in [0.25, 0.3) is 10.9 Å². The highest BCUT2D eigenvalue weighted by atomic mass is 32.2. The first-order chi connectivity index (χ1) is 14.1. The van der Waals surface area contributed by atoms with Crippen molar-refractivity contribution >= 4 is 28.4 Å². The lowest BCUT2D eigenvalue weighted by molar-refractivity contribution is -0.141. The molecule has 4 fully saturated rings. The monoisotopic (exact) mass is 412 g/mol. The topological polar surface area (TPSA) is 61.2 Å². The van der Waals surface area contributed by atoms with Crippen molar-refractivity contribution in [3.05, 3.63) is 34.6 Å². The fourth-order valence-electron chi connectivity index (χ4n) is 6.37. The molecule has 0 unspecified atom stereocenters. The van der Waals surface area contributed by atoms with Gasteiger partial charge in [-0.2, -0.15) is 0 Å². The Morgan fingerprint density at radius 2 is 1.83 bits per heavy atom. The van der Waals surface area contributed by atoms with Gasteiger partial charge in [-0.05, 0) is 68.4 Å². The molecule has 0 radical (unpaired) electrons. The maximum absolute atomic E-state index is 13.4. The van der Waals surface area contributed by atoms with Gasteiger partial charge in [-0.25, -0.2) is 4.98 Å². The Morgan fingerprint density at radius 3 is 2.48 bits per heavy atom. The molecule has 0 saturated heterocycles. The van der Waals surface area contributed by atoms with Crippen molar-refractivity contribution in [2.75, 3.05) is 19.5 Å². The molecule has 4 saturated carbocycles. The summed E-state index contributed by atoms with van der Waals surface area (Å²) in [7, 11) is 1.63. The van der Waals surface area contributed by atoms with Crippen molar-refractivity contribution in [3.8, 4) is 0 Å². The quantitative estimate of drug-likeness (QED) is 0.510. The predicted molar refractivity (Wildman–Crippen MR) is 114 cm³/mol. The van der Waals surface area contributed by atoms with E-state index < -0.39 is 0 Å². The van der Waals surface area contributed by atoms with E-state index in [9.17, 15) is 9.59 Å². The van der Waals surface area contributed by atoms with Crippen LogP contribution in [-0.4, -0.2) is 34.8 Å². The second kappa shape index (κ2) is 7.55. The lowest BCUT2D eigenvalue weighted by atomic mass is 9.48. The van der Waals surface area contributed by atoms with Gasteiger partial charge in [0, 0.05) is 12.5 Å². The molecule has 4 bridgehead atoms. The molecule has 4 aliphatic carbocycles. The van der Waals surface area contributed by atoms with Gasteiger partial charge < -0.3 is 4.74 Å². The summed E-state index contributed by atoms with van der Waals surface area (Å²) < 4.78 is 6.86. The highest BCUT2D eigenvalue weighted by Gasteiger charge is 2.54. The zero-order valence-corrected chi connectivity index (χ0v) is 17.7. The second-order valence-electron chi connectivity index (χ2n) is 9.27. The SMILES string of the molecule is COCCn1c(SCC(=O)C23CC4CC(CC(C4)C2)C3)nc2ccccc2c1=O. The zero-order chi connectivity index (χ0) is 20.0. The van der Waals surface area contributed by atoms with Crippen LogP contribution in [0.4, 0.5) is 0 Å². The maximum Gasteiger partial charge on any atom is 0.262 e. The number of Topliss-reactive ketones (excluding diaryl/α,β-unsaturated/α-hetero) is 1. The van der Waals surface area contributed by atoms with Gasteiger partial charge in [-0.3, -0.25) is 14.2 Å². The first kappa shape index (κ1) is 19.3. The highest BCUT2D eigenvalue weighted by molar-refractivity contribution is 7.99. The standard InChI is InChI=1S/C23H28N2O3S/c1-28-7-6-25-21(27)18-4-2-3-5-19(18)24-22(25)29-14-20(26)23-11-15-8-16(12-23)10-17(9-15)13-23/h2-5,15-17H,6-14H2,1H3. The Kier molecular flexibility index (Phi) is 5.03. The van der Waals surface area contributed by atoms with Gasteiger partial charge in [-0.15, -0.1) is 0 Å². The number of ketones is 1. The Labute approximate surface area is 175 Å². The maximum atomic E-state index is 13.4. The Bertz CT molecular complexity index is 964. The van der Waals surface area contributed by atoms with E-state index in [1.807, 2.05) is 24.3 Å². The largest absolute Gasteiger partial charge is 0.383 e. The molecule has 2 aromatic rings. The molecular formula is C23H28N2O3S. The number of hydrogen-bond acceptors (Lipinski definition) is 5. The molecule has 0 atom stereocenters. The van der Waals surface area contributed by atoms with Crippen molar-refractivity contribution in [2.45, 2.75) is 50.2 Å². The van der Waals surface area contributed by atoms with Crippen molar-refractivity contribution in [1.82, 2.24) is 9.55 Å². The number of thioether (sulfide) groups is 1. The third kappa shape index (κ3) is 3.44. The Balaban J connectivity index is 1.40. The fraction of sp³-hybridized carbons (Fsp3) is 0.609. The smallest absolute Gasteiger partial charge is 0.262 e. The number of rotatable bonds is 7. The van der Waals surface area contributed by atoms with Gasteiger partial charge in [0.25, 0.3) is 5.56 Å². The van der Waals surface area contributed by atoms with E-state index in [0.717, 1.165) is 37.0 Å². The van der Waals surface area contributed by atoms with Gasteiger partial charge in [0.1, 0.15) is 5.78 Å². The summed E-state index contributed by atoms with van der Waals surface area (Å²) in [6.45, 7) is 0.886. The molecule has 4 aliphatic rings. The lowest BCUT2D eigenvalue weighted by Gasteiger charge is -2.56. The summed E-state index contributed by atoms with van der Waals surface area (Å²) in [4.78, 5) is 31.1. The molecule has 5 nitrogen and oxygen atoms in total. The van der Waals surface area contributed by atoms with Gasteiger partial charge in [-0.1, -0.05) is 23.9 Å². The number of methoxy groups -OCH3 is 1. The van der Waals surface area contributed by atoms with Crippen LogP contribution in [0, 0.1) is 23.2 Å². The number of ether oxygens (including phenoxy) is 1. The van der Waals surface area contributed by atoms with E-state index in [2.05, 4.69) is 0 Å². The average Bonchev–Trinajstić information content (AvgIpc) is 2.70. The highest BCUT2D eigenvalue weighted by Crippen LogP contribution is 2.60. The van der Waals surface area contributed by atoms with Gasteiger partial charge >= 0.3 is 0 Å². The van der Waals surface area contributed by atoms with E-state index in [1.54, 1.807) is 11.7 Å². The van der Waals surface area contributed by atoms with Gasteiger partial charge in [0.05, 0.1) is 29.8 Å². The van der Waals surface area contributed by atoms with Crippen LogP contribution in [0.1, 0.15) is 38.5 Å². The van der Waals surface area contributed by atoms with E-state index >= 15 is 0 Å². The molecule has 0 spiro atoms. The lowest BCUT2D eigenvalue weighted by Crippen LogP contribution is -2.50. The van der Waals surface area contributed by atoms with E-state index in [-0.39, 0.29) is 11.0 Å². The molecule has 0 aliphatic heterocycles. The molecule has 6 rings (SSSR count). The number of hydrogen-bond donors (Lipinski definition) is 0. The predicted octanol–water partition coefficient (Wildman–Crippen LogP) is 3.92. The minimum Gasteiger partial charge on any atom is -0.383 e. The number of para-hydroxylation sites is 1. The minimum absolute atomic E-state index is 0.0580. The third-order valence-corrected chi connectivity index (χ3v) is 8.28. The molecule has 0 N–H and O–H groups in total. The second-order valence-corrected chi connectivity index (χ2v) is 10.2. The average molecular weight is 413 g/mol. The van der Waals surface area contributed by atoms with E-state index in [4.69, 9.17) is 9.72 Å². The summed E-state index contributed by atoms with van der Waals surface area (Å²) in [6, 6.07) is 7.42. The fourth-order valence-corrected chi connectivity index (χ4v) is 7.43. The number of fused-ring (bicyclic) bond motifs is 1. The number of aromatic nitrogens is 2. The first-order valence-corrected chi connectivity index (χ1v) is 11.7. The molecule has 6 heteroatoms. The third-order valence-electron chi connectivity index (χ3n) is 7.31. The van der Waals surface area contributed by atoms with Crippen molar-refractivity contribution < 1.29 is 9.53 Å². The molecule has 1 aromatic heterocycles. The van der Waals surface area contributed by atoms with Crippen LogP contribution >= 0.6 is 11.8 Å². The summed E-state index contributed by atoms with van der Waals surface area (Å²) in [5.41, 5.74) is 0.532. The normalized spacial score (nSPS) is 30.2. The number of benzene rings is 1. The summed E-state index contributed by atoms with van der Waals surface area (Å²) >= 11 is 1.43. The zero-order valence-electron chi connectivity index (χ0n) is 16.9. The van der Waals surface area contributed by atoms with Crippen LogP contribution in [0.3, 0.4) is 0 Å². The molecular weight excluding hydrogens is 384 g/mol. The first-order valence-electron chi connectivity index (χ1n) is 10.7. The summed E-state index contributed by atoms with van der Waals surface area (Å²) in [5, 5.41) is 1.24. The van der Waals surface area contributed by atoms with Crippen molar-refractivity contribution in [3.63, 3.8) is 0 Å². The number of nitrogens with zero attached hydrogens (tertiary/aromatic N) is 2. The Morgan fingerprint density at radius 1 is 1.17 bits per heavy atom. The summed E-state index contributed by atoms with van der Waals surface area (Å²) in [6.07, 6.45) is 7.26. The van der Waals surface area contributed by atoms with Crippen molar-refractivity contribution in [1.29, 1.82) is 0 Å². The van der Waals surface area contributed by atoms with Crippen LogP contribution in [-0.2, 0) is 16.1 Å². The van der Waals surface area contributed by atoms with Gasteiger partial charge in [0.2, 0.25) is 0 Å².